The predicted molar refractivity (Wildman–Crippen MR) is 132 cm³/mol. The molecule has 0 N–H and O–H groups in total. The van der Waals surface area contributed by atoms with Crippen molar-refractivity contribution in [3.8, 4) is 0 Å². The van der Waals surface area contributed by atoms with E-state index in [-0.39, 0.29) is 11.7 Å². The zero-order valence-electron chi connectivity index (χ0n) is 21.5. The first-order valence-corrected chi connectivity index (χ1v) is 13.1. The summed E-state index contributed by atoms with van der Waals surface area (Å²) in [5.41, 5.74) is 0. The number of morpholine rings is 1. The Kier molecular flexibility index (Phi) is 21.9. The number of hydrogen-bond acceptors (Lipinski definition) is 4. The van der Waals surface area contributed by atoms with E-state index in [9.17, 15) is 9.00 Å². The molecule has 0 spiro atoms. The second-order valence-electron chi connectivity index (χ2n) is 9.56. The van der Waals surface area contributed by atoms with Crippen LogP contribution >= 0.6 is 0 Å². The van der Waals surface area contributed by atoms with Crippen LogP contribution in [-0.2, 0) is 20.5 Å². The summed E-state index contributed by atoms with van der Waals surface area (Å²) in [6, 6.07) is 0. The number of rotatable bonds is 11. The molecule has 1 unspecified atom stereocenters. The lowest BCUT2D eigenvalue weighted by atomic mass is 10.1. The number of nitrogens with zero attached hydrogens (tertiary/aromatic N) is 2. The minimum absolute atomic E-state index is 0.213. The summed E-state index contributed by atoms with van der Waals surface area (Å²) in [5.74, 6) is 2.80. The van der Waals surface area contributed by atoms with Gasteiger partial charge >= 0.3 is 0 Å². The van der Waals surface area contributed by atoms with Gasteiger partial charge in [-0.2, -0.15) is 0 Å². The topological polar surface area (TPSA) is 49.9 Å². The summed E-state index contributed by atoms with van der Waals surface area (Å²) in [6.45, 7) is 18.7. The molecule has 6 heteroatoms. The third-order valence-corrected chi connectivity index (χ3v) is 6.35. The molecule has 1 heterocycles. The molecule has 1 atom stereocenters. The van der Waals surface area contributed by atoms with Crippen molar-refractivity contribution in [2.24, 2.45) is 17.8 Å². The molecule has 0 aliphatic carbocycles. The molecule has 5 nitrogen and oxygen atoms in total. The Balaban J connectivity index is 0. The van der Waals surface area contributed by atoms with Gasteiger partial charge in [-0.15, -0.1) is 0 Å². The van der Waals surface area contributed by atoms with E-state index in [2.05, 4.69) is 46.7 Å². The van der Waals surface area contributed by atoms with Crippen LogP contribution in [-0.4, -0.2) is 71.9 Å². The molecule has 1 aliphatic rings. The Morgan fingerprint density at radius 3 is 1.83 bits per heavy atom. The zero-order valence-corrected chi connectivity index (χ0v) is 22.4. The molecule has 0 radical (unpaired) electrons. The van der Waals surface area contributed by atoms with Gasteiger partial charge in [-0.05, 0) is 52.2 Å². The lowest BCUT2D eigenvalue weighted by molar-refractivity contribution is -0.119. The largest absolute Gasteiger partial charge is 0.379 e. The van der Waals surface area contributed by atoms with E-state index in [0.717, 1.165) is 44.4 Å². The lowest BCUT2D eigenvalue weighted by Gasteiger charge is -2.25. The van der Waals surface area contributed by atoms with Gasteiger partial charge < -0.3 is 9.64 Å². The molecule has 0 bridgehead atoms. The van der Waals surface area contributed by atoms with E-state index in [1.807, 2.05) is 18.2 Å². The first kappa shape index (κ1) is 31.9. The summed E-state index contributed by atoms with van der Waals surface area (Å²) >= 11 is 0. The van der Waals surface area contributed by atoms with Gasteiger partial charge in [0.25, 0.3) is 0 Å². The van der Waals surface area contributed by atoms with Gasteiger partial charge in [0, 0.05) is 24.8 Å². The molecule has 0 aromatic rings. The first-order chi connectivity index (χ1) is 14.0. The molecule has 1 fully saturated rings. The number of ketones is 1. The maximum Gasteiger partial charge on any atom is 0.132 e. The van der Waals surface area contributed by atoms with Crippen molar-refractivity contribution >= 4 is 16.8 Å². The summed E-state index contributed by atoms with van der Waals surface area (Å²) < 4.78 is 18.9. The van der Waals surface area contributed by atoms with Gasteiger partial charge in [0.1, 0.15) is 5.78 Å². The van der Waals surface area contributed by atoms with Gasteiger partial charge in [0.05, 0.1) is 24.2 Å². The van der Waals surface area contributed by atoms with E-state index >= 15 is 0 Å². The molecular weight excluding hydrogens is 396 g/mol. The zero-order chi connectivity index (χ0) is 23.5. The number of hydrogen-bond donors (Lipinski definition) is 0. The average molecular weight is 449 g/mol. The van der Waals surface area contributed by atoms with Gasteiger partial charge in [0.15, 0.2) is 0 Å². The standard InChI is InChI=1S/C10H23N.C9H19NO2S.C5H10O/c1-10(2)8-6-5-7-9-11(3)4;1-9(2)3-8-13(11)10-4-6-12-7-5-10;1-4(2)5(3)6/h10H,5-9H2,1-4H3;9H,3-8H2,1-2H3;4H,1-3H3. The minimum Gasteiger partial charge on any atom is -0.379 e. The van der Waals surface area contributed by atoms with Crippen LogP contribution in [0.1, 0.15) is 80.6 Å². The van der Waals surface area contributed by atoms with Crippen LogP contribution in [0.5, 0.6) is 0 Å². The predicted octanol–water partition coefficient (Wildman–Crippen LogP) is 5.02. The molecule has 0 aromatic carbocycles. The smallest absolute Gasteiger partial charge is 0.132 e. The molecule has 1 rings (SSSR count). The Hall–Kier alpha value is -0.300. The monoisotopic (exact) mass is 448 g/mol. The Bertz CT molecular complexity index is 411. The molecule has 1 saturated heterocycles. The second-order valence-corrected chi connectivity index (χ2v) is 11.1. The van der Waals surface area contributed by atoms with E-state index in [1.54, 1.807) is 6.92 Å². The van der Waals surface area contributed by atoms with Gasteiger partial charge in [-0.3, -0.25) is 4.79 Å². The van der Waals surface area contributed by atoms with E-state index in [1.165, 1.54) is 32.2 Å². The highest BCUT2D eigenvalue weighted by Crippen LogP contribution is 2.08. The molecule has 0 saturated carbocycles. The molecule has 182 valence electrons. The maximum absolute atomic E-state index is 11.7. The third kappa shape index (κ3) is 24.0. The Morgan fingerprint density at radius 2 is 1.43 bits per heavy atom. The SMILES string of the molecule is CC(=O)C(C)C.CC(C)CCCCCN(C)C.CC(C)CCS(=O)N1CCOCC1. The van der Waals surface area contributed by atoms with E-state index in [4.69, 9.17) is 4.74 Å². The van der Waals surface area contributed by atoms with E-state index < -0.39 is 11.0 Å². The van der Waals surface area contributed by atoms with Gasteiger partial charge in [0.2, 0.25) is 0 Å². The fourth-order valence-electron chi connectivity index (χ4n) is 2.37. The van der Waals surface area contributed by atoms with Crippen LogP contribution in [0.25, 0.3) is 0 Å². The van der Waals surface area contributed by atoms with Crippen LogP contribution in [0.4, 0.5) is 0 Å². The Labute approximate surface area is 190 Å². The second kappa shape index (κ2) is 20.6. The average Bonchev–Trinajstić information content (AvgIpc) is 2.67. The van der Waals surface area contributed by atoms with Crippen molar-refractivity contribution in [3.63, 3.8) is 0 Å². The van der Waals surface area contributed by atoms with Crippen molar-refractivity contribution in [1.82, 2.24) is 9.21 Å². The number of unbranched alkanes of at least 4 members (excludes halogenated alkanes) is 2. The summed E-state index contributed by atoms with van der Waals surface area (Å²) in [6.07, 6.45) is 6.61. The van der Waals surface area contributed by atoms with Gasteiger partial charge in [-0.25, -0.2) is 8.51 Å². The maximum atomic E-state index is 11.7. The summed E-state index contributed by atoms with van der Waals surface area (Å²) in [4.78, 5) is 12.4. The summed E-state index contributed by atoms with van der Waals surface area (Å²) in [7, 11) is 3.51. The van der Waals surface area contributed by atoms with Crippen molar-refractivity contribution < 1.29 is 13.7 Å². The van der Waals surface area contributed by atoms with Crippen molar-refractivity contribution in [3.05, 3.63) is 0 Å². The third-order valence-electron chi connectivity index (χ3n) is 4.83. The van der Waals surface area contributed by atoms with E-state index in [0.29, 0.717) is 5.92 Å². The van der Waals surface area contributed by atoms with Gasteiger partial charge in [-0.1, -0.05) is 60.8 Å². The fraction of sp³-hybridized carbons (Fsp3) is 0.958. The molecule has 0 amide bonds. The van der Waals surface area contributed by atoms with Crippen molar-refractivity contribution in [2.45, 2.75) is 80.6 Å². The molecule has 0 aromatic heterocycles. The highest BCUT2D eigenvalue weighted by molar-refractivity contribution is 7.82. The molecular formula is C24H52N2O3S. The fourth-order valence-corrected chi connectivity index (χ4v) is 3.86. The van der Waals surface area contributed by atoms with Crippen molar-refractivity contribution in [2.75, 3.05) is 52.7 Å². The van der Waals surface area contributed by atoms with Crippen LogP contribution in [0, 0.1) is 17.8 Å². The number of carbonyl (C=O) groups excluding carboxylic acids is 1. The molecule has 1 aliphatic heterocycles. The van der Waals surface area contributed by atoms with Crippen LogP contribution in [0.3, 0.4) is 0 Å². The quantitative estimate of drug-likeness (QED) is 0.416. The van der Waals surface area contributed by atoms with Crippen LogP contribution in [0.2, 0.25) is 0 Å². The lowest BCUT2D eigenvalue weighted by Crippen LogP contribution is -2.38. The van der Waals surface area contributed by atoms with Crippen LogP contribution < -0.4 is 0 Å². The Morgan fingerprint density at radius 1 is 0.933 bits per heavy atom. The van der Waals surface area contributed by atoms with Crippen molar-refractivity contribution in [1.29, 1.82) is 0 Å². The summed E-state index contributed by atoms with van der Waals surface area (Å²) in [5, 5.41) is 0. The highest BCUT2D eigenvalue weighted by atomic mass is 32.2. The number of ether oxygens (including phenoxy) is 1. The first-order valence-electron chi connectivity index (χ1n) is 11.8. The normalized spacial score (nSPS) is 15.6. The van der Waals surface area contributed by atoms with Crippen LogP contribution in [0.15, 0.2) is 0 Å². The number of Topliss-reactive ketones (excluding diaryl/α,β-unsaturated/α-hetero) is 1. The highest BCUT2D eigenvalue weighted by Gasteiger charge is 2.16. The minimum atomic E-state index is -0.774. The number of carbonyl (C=O) groups is 1. The molecule has 30 heavy (non-hydrogen) atoms.